The van der Waals surface area contributed by atoms with Gasteiger partial charge in [-0.05, 0) is 49.8 Å². The largest absolute Gasteiger partial charge is 0.330 e. The molecule has 4 rings (SSSR count). The van der Waals surface area contributed by atoms with Crippen molar-refractivity contribution >= 4 is 11.0 Å². The second kappa shape index (κ2) is 6.07. The minimum atomic E-state index is -0.126. The van der Waals surface area contributed by atoms with Gasteiger partial charge in [-0.15, -0.1) is 0 Å². The van der Waals surface area contributed by atoms with E-state index < -0.39 is 0 Å². The van der Waals surface area contributed by atoms with Gasteiger partial charge < -0.3 is 9.55 Å². The molecule has 2 unspecified atom stereocenters. The Morgan fingerprint density at radius 3 is 3.00 bits per heavy atom. The summed E-state index contributed by atoms with van der Waals surface area (Å²) in [5, 5.41) is 0. The summed E-state index contributed by atoms with van der Waals surface area (Å²) >= 11 is 0. The summed E-state index contributed by atoms with van der Waals surface area (Å²) in [5.41, 5.74) is 3.20. The fourth-order valence-electron chi connectivity index (χ4n) is 3.60. The van der Waals surface area contributed by atoms with Crippen LogP contribution in [0.25, 0.3) is 11.0 Å². The number of benzene rings is 1. The molecule has 5 nitrogen and oxygen atoms in total. The first-order valence-electron chi connectivity index (χ1n) is 8.35. The Morgan fingerprint density at radius 2 is 2.25 bits per heavy atom. The molecule has 0 aliphatic heterocycles. The normalized spacial score (nSPS) is 18.8. The third-order valence-electron chi connectivity index (χ3n) is 4.83. The van der Waals surface area contributed by atoms with Crippen LogP contribution in [-0.4, -0.2) is 19.5 Å². The minimum Gasteiger partial charge on any atom is -0.330 e. The highest BCUT2D eigenvalue weighted by molar-refractivity contribution is 5.75. The number of hydrogen-bond donors (Lipinski definition) is 1. The maximum absolute atomic E-state index is 11.7. The van der Waals surface area contributed by atoms with Crippen LogP contribution in [0.1, 0.15) is 36.6 Å². The zero-order valence-electron chi connectivity index (χ0n) is 13.6. The summed E-state index contributed by atoms with van der Waals surface area (Å²) in [6.45, 7) is 1.74. The van der Waals surface area contributed by atoms with Crippen molar-refractivity contribution in [2.75, 3.05) is 0 Å². The smallest absolute Gasteiger partial charge is 0.269 e. The van der Waals surface area contributed by atoms with Gasteiger partial charge in [0.2, 0.25) is 0 Å². The molecule has 3 aromatic rings. The van der Waals surface area contributed by atoms with Crippen LogP contribution in [-0.2, 0) is 0 Å². The highest BCUT2D eigenvalue weighted by Crippen LogP contribution is 2.35. The van der Waals surface area contributed by atoms with E-state index in [0.717, 1.165) is 30.3 Å². The maximum Gasteiger partial charge on any atom is 0.269 e. The number of imidazole rings is 1. The van der Waals surface area contributed by atoms with Crippen LogP contribution < -0.4 is 5.56 Å². The van der Waals surface area contributed by atoms with Gasteiger partial charge in [-0.1, -0.05) is 18.2 Å². The van der Waals surface area contributed by atoms with Crippen molar-refractivity contribution < 1.29 is 0 Å². The monoisotopic (exact) mass is 320 g/mol. The molecule has 1 aliphatic carbocycles. The summed E-state index contributed by atoms with van der Waals surface area (Å²) < 4.78 is 2.18. The van der Waals surface area contributed by atoms with Crippen LogP contribution in [0.3, 0.4) is 0 Å². The average molecular weight is 320 g/mol. The van der Waals surface area contributed by atoms with Crippen molar-refractivity contribution in [3.63, 3.8) is 0 Å². The second-order valence-electron chi connectivity index (χ2n) is 6.43. The molecule has 1 N–H and O–H groups in total. The lowest BCUT2D eigenvalue weighted by atomic mass is 9.84. The molecule has 0 fully saturated rings. The molecule has 0 spiro atoms. The predicted octanol–water partition coefficient (Wildman–Crippen LogP) is 3.37. The van der Waals surface area contributed by atoms with E-state index in [-0.39, 0.29) is 11.6 Å². The van der Waals surface area contributed by atoms with Gasteiger partial charge in [0.1, 0.15) is 5.69 Å². The van der Waals surface area contributed by atoms with Crippen LogP contribution in [0, 0.1) is 12.8 Å². The van der Waals surface area contributed by atoms with Gasteiger partial charge >= 0.3 is 0 Å². The van der Waals surface area contributed by atoms with Gasteiger partial charge in [0.15, 0.2) is 0 Å². The van der Waals surface area contributed by atoms with Crippen molar-refractivity contribution in [1.29, 1.82) is 0 Å². The number of nitrogens with zero attached hydrogens (tertiary/aromatic N) is 3. The quantitative estimate of drug-likeness (QED) is 0.753. The number of fused-ring (bicyclic) bond motifs is 1. The number of rotatable bonds is 3. The van der Waals surface area contributed by atoms with Crippen LogP contribution in [0.2, 0.25) is 0 Å². The molecule has 122 valence electrons. The molecule has 2 heterocycles. The molecule has 0 amide bonds. The van der Waals surface area contributed by atoms with Gasteiger partial charge in [-0.3, -0.25) is 4.79 Å². The number of allylic oxidation sites excluding steroid dienone is 2. The van der Waals surface area contributed by atoms with E-state index in [9.17, 15) is 4.79 Å². The van der Waals surface area contributed by atoms with E-state index in [4.69, 9.17) is 0 Å². The molecule has 2 aromatic heterocycles. The van der Waals surface area contributed by atoms with Gasteiger partial charge in [0.05, 0.1) is 23.4 Å². The van der Waals surface area contributed by atoms with E-state index >= 15 is 0 Å². The third kappa shape index (κ3) is 2.66. The molecular formula is C19H20N4O. The lowest BCUT2D eigenvalue weighted by Crippen LogP contribution is -2.21. The van der Waals surface area contributed by atoms with Crippen LogP contribution in [0.15, 0.2) is 53.9 Å². The molecule has 0 saturated heterocycles. The SMILES string of the molecule is Cc1nc2cc(C(C3CC=CCC3)n3ccnc3)ccc2[nH]c1=O. The molecule has 1 aromatic carbocycles. The van der Waals surface area contributed by atoms with E-state index in [1.165, 1.54) is 5.56 Å². The molecule has 24 heavy (non-hydrogen) atoms. The Morgan fingerprint density at radius 1 is 1.33 bits per heavy atom. The first kappa shape index (κ1) is 14.9. The minimum absolute atomic E-state index is 0.126. The topological polar surface area (TPSA) is 63.6 Å². The van der Waals surface area contributed by atoms with Crippen LogP contribution in [0.4, 0.5) is 0 Å². The molecular weight excluding hydrogens is 300 g/mol. The summed E-state index contributed by atoms with van der Waals surface area (Å²) in [4.78, 5) is 23.3. The maximum atomic E-state index is 11.7. The number of hydrogen-bond acceptors (Lipinski definition) is 3. The van der Waals surface area contributed by atoms with Gasteiger partial charge in [0, 0.05) is 12.4 Å². The van der Waals surface area contributed by atoms with Crippen molar-refractivity contribution in [3.8, 4) is 0 Å². The van der Waals surface area contributed by atoms with Crippen molar-refractivity contribution in [2.45, 2.75) is 32.2 Å². The molecule has 0 radical (unpaired) electrons. The Balaban J connectivity index is 1.82. The van der Waals surface area contributed by atoms with E-state index in [1.807, 2.05) is 24.8 Å². The molecule has 5 heteroatoms. The lowest BCUT2D eigenvalue weighted by molar-refractivity contribution is 0.350. The Bertz CT molecular complexity index is 940. The highest BCUT2D eigenvalue weighted by Gasteiger charge is 2.25. The van der Waals surface area contributed by atoms with E-state index in [0.29, 0.717) is 11.6 Å². The van der Waals surface area contributed by atoms with Crippen LogP contribution >= 0.6 is 0 Å². The highest BCUT2D eigenvalue weighted by atomic mass is 16.1. The van der Waals surface area contributed by atoms with E-state index in [2.05, 4.69) is 43.8 Å². The predicted molar refractivity (Wildman–Crippen MR) is 93.9 cm³/mol. The fraction of sp³-hybridized carbons (Fsp3) is 0.316. The Kier molecular flexibility index (Phi) is 3.76. The summed E-state index contributed by atoms with van der Waals surface area (Å²) in [6.07, 6.45) is 13.6. The van der Waals surface area contributed by atoms with E-state index in [1.54, 1.807) is 6.92 Å². The summed E-state index contributed by atoms with van der Waals surface area (Å²) in [7, 11) is 0. The van der Waals surface area contributed by atoms with Gasteiger partial charge in [0.25, 0.3) is 5.56 Å². The number of aromatic amines is 1. The number of aryl methyl sites for hydroxylation is 1. The molecule has 1 aliphatic rings. The van der Waals surface area contributed by atoms with Crippen LogP contribution in [0.5, 0.6) is 0 Å². The third-order valence-corrected chi connectivity index (χ3v) is 4.83. The van der Waals surface area contributed by atoms with Gasteiger partial charge in [-0.25, -0.2) is 9.97 Å². The summed E-state index contributed by atoms with van der Waals surface area (Å²) in [5.74, 6) is 0.533. The Hall–Kier alpha value is -2.69. The number of nitrogens with one attached hydrogen (secondary N) is 1. The molecule has 2 atom stereocenters. The van der Waals surface area contributed by atoms with Crippen molar-refractivity contribution in [1.82, 2.24) is 19.5 Å². The molecule has 0 bridgehead atoms. The van der Waals surface area contributed by atoms with Gasteiger partial charge in [-0.2, -0.15) is 0 Å². The molecule has 0 saturated carbocycles. The first-order chi connectivity index (χ1) is 11.7. The number of H-pyrrole nitrogens is 1. The Labute approximate surface area is 140 Å². The first-order valence-corrected chi connectivity index (χ1v) is 8.35. The average Bonchev–Trinajstić information content (AvgIpc) is 3.11. The standard InChI is InChI=1S/C19H20N4O/c1-13-19(24)22-16-8-7-15(11-17(16)21-13)18(23-10-9-20-12-23)14-5-3-2-4-6-14/h2-3,7-12,14,18H,4-6H2,1H3,(H,22,24). The zero-order valence-corrected chi connectivity index (χ0v) is 13.6. The summed E-state index contributed by atoms with van der Waals surface area (Å²) in [6, 6.07) is 6.39. The van der Waals surface area contributed by atoms with Crippen molar-refractivity contribution in [2.24, 2.45) is 5.92 Å². The lowest BCUT2D eigenvalue weighted by Gasteiger charge is -2.29. The zero-order chi connectivity index (χ0) is 16.5. The number of aromatic nitrogens is 4. The van der Waals surface area contributed by atoms with Crippen molar-refractivity contribution in [3.05, 3.63) is 70.7 Å². The fourth-order valence-corrected chi connectivity index (χ4v) is 3.60. The second-order valence-corrected chi connectivity index (χ2v) is 6.43.